The van der Waals surface area contributed by atoms with Crippen LogP contribution in [-0.4, -0.2) is 37.3 Å². The molecule has 128 valence electrons. The lowest BCUT2D eigenvalue weighted by molar-refractivity contribution is 0.0654. The maximum absolute atomic E-state index is 13.0. The summed E-state index contributed by atoms with van der Waals surface area (Å²) in [5.74, 6) is 0.00545. The number of oxazole rings is 1. The topological polar surface area (TPSA) is 87.9 Å². The fraction of sp³-hybridized carbons (Fsp3) is 0.158. The van der Waals surface area contributed by atoms with Gasteiger partial charge in [-0.2, -0.15) is 0 Å². The van der Waals surface area contributed by atoms with Crippen molar-refractivity contribution in [1.82, 2.24) is 24.8 Å². The van der Waals surface area contributed by atoms with Gasteiger partial charge in [0.25, 0.3) is 5.91 Å². The summed E-state index contributed by atoms with van der Waals surface area (Å²) in [7, 11) is 0. The Balaban J connectivity index is 1.64. The molecule has 4 heterocycles. The highest BCUT2D eigenvalue weighted by atomic mass is 16.3. The molecule has 0 spiro atoms. The van der Waals surface area contributed by atoms with Crippen LogP contribution in [0.1, 0.15) is 33.7 Å². The van der Waals surface area contributed by atoms with E-state index in [1.54, 1.807) is 11.2 Å². The highest BCUT2D eigenvalue weighted by Crippen LogP contribution is 2.34. The van der Waals surface area contributed by atoms with Crippen LogP contribution < -0.4 is 0 Å². The predicted molar refractivity (Wildman–Crippen MR) is 93.4 cm³/mol. The third-order valence-corrected chi connectivity index (χ3v) is 4.76. The second-order valence-electron chi connectivity index (χ2n) is 6.24. The van der Waals surface area contributed by atoms with E-state index < -0.39 is 0 Å². The summed E-state index contributed by atoms with van der Waals surface area (Å²) in [5.41, 5.74) is 2.64. The maximum atomic E-state index is 13.0. The Hall–Kier alpha value is -3.48. The van der Waals surface area contributed by atoms with Crippen molar-refractivity contribution in [3.05, 3.63) is 78.3 Å². The zero-order valence-corrected chi connectivity index (χ0v) is 13.8. The molecule has 3 aromatic heterocycles. The van der Waals surface area contributed by atoms with Crippen LogP contribution in [0.15, 0.2) is 59.9 Å². The summed E-state index contributed by atoms with van der Waals surface area (Å²) in [4.78, 5) is 30.9. The van der Waals surface area contributed by atoms with Crippen LogP contribution in [0.25, 0.3) is 10.8 Å². The van der Waals surface area contributed by atoms with E-state index in [9.17, 15) is 4.79 Å². The van der Waals surface area contributed by atoms with E-state index in [0.29, 0.717) is 13.0 Å². The molecule has 1 amide bonds. The molecule has 7 heteroatoms. The standard InChI is InChI=1S/C19H15N5O2/c25-19(16-9-20-11-26-16)24-6-5-14-17(23-10-22-14)18(24)15-7-12-3-1-2-4-13(12)8-21-15/h1-4,7-11,18H,5-6H2,(H,22,23)/t18-/m0/s1. The molecule has 1 aliphatic rings. The van der Waals surface area contributed by atoms with Gasteiger partial charge in [-0.15, -0.1) is 0 Å². The highest BCUT2D eigenvalue weighted by Gasteiger charge is 2.36. The molecule has 0 radical (unpaired) electrons. The largest absolute Gasteiger partial charge is 0.438 e. The van der Waals surface area contributed by atoms with Gasteiger partial charge in [0.2, 0.25) is 5.76 Å². The molecule has 0 aliphatic carbocycles. The average molecular weight is 345 g/mol. The van der Waals surface area contributed by atoms with Gasteiger partial charge >= 0.3 is 0 Å². The second kappa shape index (κ2) is 5.80. The summed E-state index contributed by atoms with van der Waals surface area (Å²) >= 11 is 0. The van der Waals surface area contributed by atoms with E-state index in [4.69, 9.17) is 4.42 Å². The monoisotopic (exact) mass is 345 g/mol. The van der Waals surface area contributed by atoms with Gasteiger partial charge in [-0.3, -0.25) is 9.78 Å². The van der Waals surface area contributed by atoms with Crippen LogP contribution in [0.3, 0.4) is 0 Å². The summed E-state index contributed by atoms with van der Waals surface area (Å²) in [6, 6.07) is 9.68. The average Bonchev–Trinajstić information content (AvgIpc) is 3.38. The minimum absolute atomic E-state index is 0.212. The number of amides is 1. The number of aromatic amines is 1. The van der Waals surface area contributed by atoms with Crippen molar-refractivity contribution in [1.29, 1.82) is 0 Å². The van der Waals surface area contributed by atoms with Gasteiger partial charge in [-0.25, -0.2) is 9.97 Å². The van der Waals surface area contributed by atoms with Crippen LogP contribution >= 0.6 is 0 Å². The van der Waals surface area contributed by atoms with E-state index in [-0.39, 0.29) is 17.7 Å². The Labute approximate surface area is 148 Å². The molecular weight excluding hydrogens is 330 g/mol. The molecule has 0 saturated heterocycles. The first kappa shape index (κ1) is 14.8. The fourth-order valence-electron chi connectivity index (χ4n) is 3.51. The number of aromatic nitrogens is 4. The van der Waals surface area contributed by atoms with Gasteiger partial charge in [0.1, 0.15) is 6.04 Å². The Morgan fingerprint density at radius 3 is 2.92 bits per heavy atom. The molecule has 26 heavy (non-hydrogen) atoms. The summed E-state index contributed by atoms with van der Waals surface area (Å²) in [5, 5.41) is 2.13. The Morgan fingerprint density at radius 1 is 1.19 bits per heavy atom. The van der Waals surface area contributed by atoms with Crippen molar-refractivity contribution in [2.24, 2.45) is 0 Å². The first-order chi connectivity index (χ1) is 12.8. The molecule has 1 N–H and O–H groups in total. The van der Waals surface area contributed by atoms with Crippen LogP contribution in [-0.2, 0) is 6.42 Å². The normalized spacial score (nSPS) is 16.6. The number of rotatable bonds is 2. The summed E-state index contributed by atoms with van der Waals surface area (Å²) < 4.78 is 5.22. The van der Waals surface area contributed by atoms with E-state index in [2.05, 4.69) is 19.9 Å². The fourth-order valence-corrected chi connectivity index (χ4v) is 3.51. The van der Waals surface area contributed by atoms with E-state index in [0.717, 1.165) is 27.9 Å². The Morgan fingerprint density at radius 2 is 2.08 bits per heavy atom. The number of fused-ring (bicyclic) bond motifs is 2. The van der Waals surface area contributed by atoms with Crippen LogP contribution in [0, 0.1) is 0 Å². The molecule has 1 atom stereocenters. The van der Waals surface area contributed by atoms with Crippen molar-refractivity contribution < 1.29 is 9.21 Å². The number of hydrogen-bond acceptors (Lipinski definition) is 5. The maximum Gasteiger partial charge on any atom is 0.292 e. The van der Waals surface area contributed by atoms with E-state index >= 15 is 0 Å². The van der Waals surface area contributed by atoms with Crippen LogP contribution in [0.4, 0.5) is 0 Å². The molecule has 0 unspecified atom stereocenters. The number of hydrogen-bond donors (Lipinski definition) is 1. The lowest BCUT2D eigenvalue weighted by Gasteiger charge is -2.34. The number of imidazole rings is 1. The summed E-state index contributed by atoms with van der Waals surface area (Å²) in [6.07, 6.45) is 6.91. The lowest BCUT2D eigenvalue weighted by atomic mass is 9.97. The smallest absolute Gasteiger partial charge is 0.292 e. The third kappa shape index (κ3) is 2.28. The number of H-pyrrole nitrogens is 1. The lowest BCUT2D eigenvalue weighted by Crippen LogP contribution is -2.41. The summed E-state index contributed by atoms with van der Waals surface area (Å²) in [6.45, 7) is 0.550. The van der Waals surface area contributed by atoms with Gasteiger partial charge in [0.15, 0.2) is 6.39 Å². The highest BCUT2D eigenvalue weighted by molar-refractivity contribution is 5.92. The van der Waals surface area contributed by atoms with Crippen molar-refractivity contribution in [3.8, 4) is 0 Å². The second-order valence-corrected chi connectivity index (χ2v) is 6.24. The zero-order chi connectivity index (χ0) is 17.5. The molecule has 0 bridgehead atoms. The van der Waals surface area contributed by atoms with Gasteiger partial charge in [0.05, 0.1) is 23.9 Å². The zero-order valence-electron chi connectivity index (χ0n) is 13.8. The number of carbonyl (C=O) groups excluding carboxylic acids is 1. The minimum atomic E-state index is -0.368. The van der Waals surface area contributed by atoms with Crippen molar-refractivity contribution in [3.63, 3.8) is 0 Å². The van der Waals surface area contributed by atoms with Crippen molar-refractivity contribution in [2.45, 2.75) is 12.5 Å². The van der Waals surface area contributed by atoms with Crippen LogP contribution in [0.5, 0.6) is 0 Å². The number of carbonyl (C=O) groups is 1. The van der Waals surface area contributed by atoms with E-state index in [1.807, 2.05) is 36.5 Å². The van der Waals surface area contributed by atoms with Gasteiger partial charge in [0, 0.05) is 30.2 Å². The molecule has 1 aromatic carbocycles. The van der Waals surface area contributed by atoms with Gasteiger partial charge in [-0.1, -0.05) is 24.3 Å². The SMILES string of the molecule is O=C(c1cnco1)N1CCc2[nH]cnc2[C@@H]1c1cc2ccccc2cn1. The molecule has 4 aromatic rings. The predicted octanol–water partition coefficient (Wildman–Crippen LogP) is 2.73. The number of pyridine rings is 1. The molecule has 0 fully saturated rings. The Kier molecular flexibility index (Phi) is 3.31. The van der Waals surface area contributed by atoms with E-state index in [1.165, 1.54) is 12.6 Å². The molecular formula is C19H15N5O2. The first-order valence-corrected chi connectivity index (χ1v) is 8.37. The quantitative estimate of drug-likeness (QED) is 0.603. The first-order valence-electron chi connectivity index (χ1n) is 8.37. The number of benzene rings is 1. The number of nitrogens with zero attached hydrogens (tertiary/aromatic N) is 4. The van der Waals surface area contributed by atoms with Crippen LogP contribution in [0.2, 0.25) is 0 Å². The van der Waals surface area contributed by atoms with Gasteiger partial charge in [-0.05, 0) is 11.5 Å². The molecule has 7 nitrogen and oxygen atoms in total. The minimum Gasteiger partial charge on any atom is -0.438 e. The van der Waals surface area contributed by atoms with Crippen molar-refractivity contribution in [2.75, 3.05) is 6.54 Å². The third-order valence-electron chi connectivity index (χ3n) is 4.76. The van der Waals surface area contributed by atoms with Gasteiger partial charge < -0.3 is 14.3 Å². The number of nitrogens with one attached hydrogen (secondary N) is 1. The Bertz CT molecular complexity index is 1090. The molecule has 0 saturated carbocycles. The van der Waals surface area contributed by atoms with Crippen molar-refractivity contribution >= 4 is 16.7 Å². The molecule has 5 rings (SSSR count). The molecule has 1 aliphatic heterocycles.